The summed E-state index contributed by atoms with van der Waals surface area (Å²) < 4.78 is 71.4. The van der Waals surface area contributed by atoms with Gasteiger partial charge in [-0.3, -0.25) is 0 Å². The second-order valence-corrected chi connectivity index (χ2v) is 8.61. The van der Waals surface area contributed by atoms with Gasteiger partial charge in [0, 0.05) is 25.2 Å². The van der Waals surface area contributed by atoms with Gasteiger partial charge in [0.2, 0.25) is 15.9 Å². The first-order valence-electron chi connectivity index (χ1n) is 8.87. The maximum absolute atomic E-state index is 13.0. The minimum absolute atomic E-state index is 0.0700. The zero-order chi connectivity index (χ0) is 21.1. The minimum atomic E-state index is -4.58. The van der Waals surface area contributed by atoms with Crippen LogP contribution in [0.5, 0.6) is 5.88 Å². The molecule has 3 rings (SSSR count). The summed E-state index contributed by atoms with van der Waals surface area (Å²) in [6.07, 6.45) is -2.17. The molecular weight excluding hydrogens is 407 g/mol. The van der Waals surface area contributed by atoms with Crippen LogP contribution in [0.1, 0.15) is 24.0 Å². The quantitative estimate of drug-likeness (QED) is 0.733. The van der Waals surface area contributed by atoms with Crippen molar-refractivity contribution < 1.29 is 26.3 Å². The fraction of sp³-hybridized carbons (Fsp3) is 0.368. The summed E-state index contributed by atoms with van der Waals surface area (Å²) in [6, 6.07) is 9.61. The smallest absolute Gasteiger partial charge is 0.421 e. The molecule has 1 unspecified atom stereocenters. The molecule has 0 saturated carbocycles. The molecule has 2 heterocycles. The monoisotopic (exact) mass is 425 g/mol. The van der Waals surface area contributed by atoms with Gasteiger partial charge in [0.25, 0.3) is 0 Å². The van der Waals surface area contributed by atoms with Gasteiger partial charge in [0.15, 0.2) is 0 Å². The predicted octanol–water partition coefficient (Wildman–Crippen LogP) is 3.45. The van der Waals surface area contributed by atoms with Gasteiger partial charge in [-0.1, -0.05) is 0 Å². The number of hydrogen-bond acceptors (Lipinski definition) is 5. The molecule has 1 fully saturated rings. The maximum Gasteiger partial charge on any atom is 0.421 e. The highest BCUT2D eigenvalue weighted by Gasteiger charge is 2.36. The second kappa shape index (κ2) is 8.39. The Morgan fingerprint density at radius 2 is 1.97 bits per heavy atom. The van der Waals surface area contributed by atoms with Gasteiger partial charge in [-0.15, -0.1) is 0 Å². The molecule has 1 atom stereocenters. The number of nitriles is 1. The average Bonchev–Trinajstić information content (AvgIpc) is 2.72. The SMILES string of the molecule is N#Cc1ccc(S(=O)(=O)N2CCCC(COc3ncccc3C(F)(F)F)C2)cc1. The molecule has 1 aromatic heterocycles. The standard InChI is InChI=1S/C19H18F3N3O3S/c20-19(21,22)17-4-1-9-24-18(17)28-13-15-3-2-10-25(12-15)29(26,27)16-7-5-14(11-23)6-8-16/h1,4-9,15H,2-3,10,12-13H2. The largest absolute Gasteiger partial charge is 0.477 e. The van der Waals surface area contributed by atoms with E-state index in [4.69, 9.17) is 10.00 Å². The zero-order valence-electron chi connectivity index (χ0n) is 15.3. The van der Waals surface area contributed by atoms with Gasteiger partial charge in [-0.05, 0) is 49.2 Å². The summed E-state index contributed by atoms with van der Waals surface area (Å²) in [5, 5.41) is 8.84. The lowest BCUT2D eigenvalue weighted by Gasteiger charge is -2.31. The van der Waals surface area contributed by atoms with Crippen molar-refractivity contribution in [3.05, 3.63) is 53.7 Å². The number of hydrogen-bond donors (Lipinski definition) is 0. The predicted molar refractivity (Wildman–Crippen MR) is 97.4 cm³/mol. The molecule has 10 heteroatoms. The minimum Gasteiger partial charge on any atom is -0.477 e. The number of sulfonamides is 1. The molecular formula is C19H18F3N3O3S. The van der Waals surface area contributed by atoms with E-state index < -0.39 is 27.6 Å². The van der Waals surface area contributed by atoms with Gasteiger partial charge >= 0.3 is 6.18 Å². The first kappa shape index (κ1) is 21.1. The highest BCUT2D eigenvalue weighted by atomic mass is 32.2. The molecule has 0 bridgehead atoms. The Labute approximate surface area is 166 Å². The average molecular weight is 425 g/mol. The summed E-state index contributed by atoms with van der Waals surface area (Å²) in [6.45, 7) is 0.381. The molecule has 1 saturated heterocycles. The van der Waals surface area contributed by atoms with Crippen molar-refractivity contribution in [3.8, 4) is 11.9 Å². The van der Waals surface area contributed by atoms with Crippen molar-refractivity contribution >= 4 is 10.0 Å². The molecule has 1 aliphatic heterocycles. The van der Waals surface area contributed by atoms with Gasteiger partial charge in [0.05, 0.1) is 23.1 Å². The van der Waals surface area contributed by atoms with Gasteiger partial charge in [0.1, 0.15) is 5.56 Å². The van der Waals surface area contributed by atoms with Crippen LogP contribution >= 0.6 is 0 Å². The summed E-state index contributed by atoms with van der Waals surface area (Å²) in [4.78, 5) is 3.73. The van der Waals surface area contributed by atoms with Crippen molar-refractivity contribution in [2.75, 3.05) is 19.7 Å². The molecule has 29 heavy (non-hydrogen) atoms. The van der Waals surface area contributed by atoms with E-state index in [0.717, 1.165) is 6.07 Å². The molecule has 0 aliphatic carbocycles. The lowest BCUT2D eigenvalue weighted by atomic mass is 10.0. The van der Waals surface area contributed by atoms with E-state index in [1.807, 2.05) is 6.07 Å². The van der Waals surface area contributed by atoms with Gasteiger partial charge in [-0.2, -0.15) is 22.7 Å². The van der Waals surface area contributed by atoms with Crippen LogP contribution in [0.15, 0.2) is 47.5 Å². The number of rotatable bonds is 5. The summed E-state index contributed by atoms with van der Waals surface area (Å²) in [7, 11) is -3.76. The second-order valence-electron chi connectivity index (χ2n) is 6.67. The van der Waals surface area contributed by atoms with E-state index in [9.17, 15) is 21.6 Å². The highest BCUT2D eigenvalue weighted by molar-refractivity contribution is 7.89. The van der Waals surface area contributed by atoms with Crippen LogP contribution in [0, 0.1) is 17.2 Å². The van der Waals surface area contributed by atoms with Crippen LogP contribution in [0.4, 0.5) is 13.2 Å². The lowest BCUT2D eigenvalue weighted by molar-refractivity contribution is -0.139. The Balaban J connectivity index is 1.69. The molecule has 154 valence electrons. The van der Waals surface area contributed by atoms with Crippen LogP contribution < -0.4 is 4.74 Å². The Hall–Kier alpha value is -2.64. The molecule has 0 amide bonds. The van der Waals surface area contributed by atoms with Crippen molar-refractivity contribution in [3.63, 3.8) is 0 Å². The summed E-state index contributed by atoms with van der Waals surface area (Å²) in [5.41, 5.74) is -0.609. The summed E-state index contributed by atoms with van der Waals surface area (Å²) in [5.74, 6) is -0.771. The Morgan fingerprint density at radius 1 is 1.24 bits per heavy atom. The fourth-order valence-electron chi connectivity index (χ4n) is 3.15. The van der Waals surface area contributed by atoms with Gasteiger partial charge in [-0.25, -0.2) is 13.4 Å². The third kappa shape index (κ3) is 4.86. The summed E-state index contributed by atoms with van der Waals surface area (Å²) >= 11 is 0. The van der Waals surface area contributed by atoms with Crippen LogP contribution in [0.25, 0.3) is 0 Å². The third-order valence-electron chi connectivity index (χ3n) is 4.64. The van der Waals surface area contributed by atoms with E-state index in [0.29, 0.717) is 24.9 Å². The van der Waals surface area contributed by atoms with Gasteiger partial charge < -0.3 is 4.74 Å². The van der Waals surface area contributed by atoms with Crippen LogP contribution in [0.2, 0.25) is 0 Å². The Bertz CT molecular complexity index is 1000. The molecule has 0 N–H and O–H groups in total. The van der Waals surface area contributed by atoms with E-state index in [2.05, 4.69) is 4.98 Å². The number of aromatic nitrogens is 1. The van der Waals surface area contributed by atoms with Crippen LogP contribution in [-0.4, -0.2) is 37.4 Å². The van der Waals surface area contributed by atoms with E-state index in [-0.39, 0.29) is 24.0 Å². The fourth-order valence-corrected chi connectivity index (χ4v) is 4.70. The van der Waals surface area contributed by atoms with Crippen molar-refractivity contribution in [2.45, 2.75) is 23.9 Å². The van der Waals surface area contributed by atoms with E-state index >= 15 is 0 Å². The van der Waals surface area contributed by atoms with Crippen LogP contribution in [-0.2, 0) is 16.2 Å². The number of ether oxygens (including phenoxy) is 1. The number of pyridine rings is 1. The Morgan fingerprint density at radius 3 is 2.62 bits per heavy atom. The first-order chi connectivity index (χ1) is 13.7. The van der Waals surface area contributed by atoms with Crippen molar-refractivity contribution in [1.82, 2.24) is 9.29 Å². The maximum atomic E-state index is 13.0. The molecule has 0 radical (unpaired) electrons. The Kier molecular flexibility index (Phi) is 6.10. The zero-order valence-corrected chi connectivity index (χ0v) is 16.1. The number of piperidine rings is 1. The molecule has 6 nitrogen and oxygen atoms in total. The van der Waals surface area contributed by atoms with E-state index in [1.165, 1.54) is 40.8 Å². The molecule has 0 spiro atoms. The van der Waals surface area contributed by atoms with E-state index in [1.54, 1.807) is 0 Å². The highest BCUT2D eigenvalue weighted by Crippen LogP contribution is 2.35. The third-order valence-corrected chi connectivity index (χ3v) is 6.51. The molecule has 1 aliphatic rings. The van der Waals surface area contributed by atoms with Crippen molar-refractivity contribution in [1.29, 1.82) is 5.26 Å². The number of benzene rings is 1. The molecule has 1 aromatic carbocycles. The molecule has 2 aromatic rings. The first-order valence-corrected chi connectivity index (χ1v) is 10.3. The number of nitrogens with zero attached hydrogens (tertiary/aromatic N) is 3. The lowest BCUT2D eigenvalue weighted by Crippen LogP contribution is -2.41. The number of alkyl halides is 3. The van der Waals surface area contributed by atoms with Crippen molar-refractivity contribution in [2.24, 2.45) is 5.92 Å². The topological polar surface area (TPSA) is 83.3 Å². The van der Waals surface area contributed by atoms with Crippen LogP contribution in [0.3, 0.4) is 0 Å². The normalized spacial score (nSPS) is 18.2. The number of halogens is 3.